The molecule has 0 aliphatic heterocycles. The number of rotatable bonds is 8. The van der Waals surface area contributed by atoms with Gasteiger partial charge in [0.15, 0.2) is 0 Å². The molecule has 5 nitrogen and oxygen atoms in total. The van der Waals surface area contributed by atoms with Gasteiger partial charge < -0.3 is 20.5 Å². The number of anilines is 1. The third-order valence-corrected chi connectivity index (χ3v) is 3.05. The molecule has 3 N–H and O–H groups in total. The van der Waals surface area contributed by atoms with Gasteiger partial charge in [0.2, 0.25) is 5.91 Å². The number of ether oxygens (including phenoxy) is 2. The second-order valence-electron chi connectivity index (χ2n) is 4.90. The van der Waals surface area contributed by atoms with Crippen molar-refractivity contribution < 1.29 is 27.4 Å². The van der Waals surface area contributed by atoms with E-state index in [4.69, 9.17) is 15.2 Å². The van der Waals surface area contributed by atoms with Crippen LogP contribution in [0.4, 0.5) is 18.9 Å². The van der Waals surface area contributed by atoms with Crippen molar-refractivity contribution in [3.05, 3.63) is 23.8 Å². The number of nitrogens with two attached hydrogens (primary N) is 1. The minimum atomic E-state index is -4.50. The Kier molecular flexibility index (Phi) is 7.31. The van der Waals surface area contributed by atoms with Crippen molar-refractivity contribution in [2.75, 3.05) is 25.6 Å². The predicted molar refractivity (Wildman–Crippen MR) is 80.3 cm³/mol. The molecule has 130 valence electrons. The van der Waals surface area contributed by atoms with Crippen LogP contribution in [-0.4, -0.2) is 32.3 Å². The van der Waals surface area contributed by atoms with Crippen molar-refractivity contribution in [1.82, 2.24) is 0 Å². The highest BCUT2D eigenvalue weighted by molar-refractivity contribution is 5.92. The highest BCUT2D eigenvalue weighted by Gasteiger charge is 2.31. The number of amides is 1. The van der Waals surface area contributed by atoms with Crippen molar-refractivity contribution in [3.63, 3.8) is 0 Å². The summed E-state index contributed by atoms with van der Waals surface area (Å²) in [6, 6.07) is 2.97. The predicted octanol–water partition coefficient (Wildman–Crippen LogP) is 2.80. The van der Waals surface area contributed by atoms with Crippen molar-refractivity contribution in [2.24, 2.45) is 5.73 Å². The third kappa shape index (κ3) is 6.07. The fraction of sp³-hybridized carbons (Fsp3) is 0.533. The highest BCUT2D eigenvalue weighted by atomic mass is 19.4. The molecular weight excluding hydrogens is 313 g/mol. The molecule has 0 aliphatic carbocycles. The maximum absolute atomic E-state index is 12.8. The van der Waals surface area contributed by atoms with E-state index >= 15 is 0 Å². The first-order valence-corrected chi connectivity index (χ1v) is 7.18. The Balaban J connectivity index is 2.97. The molecule has 1 aromatic carbocycles. The molecule has 1 aromatic rings. The van der Waals surface area contributed by atoms with Gasteiger partial charge in [-0.15, -0.1) is 0 Å². The van der Waals surface area contributed by atoms with Crippen molar-refractivity contribution in [1.29, 1.82) is 0 Å². The van der Waals surface area contributed by atoms with E-state index in [0.717, 1.165) is 12.1 Å². The lowest BCUT2D eigenvalue weighted by Gasteiger charge is -2.17. The Hall–Kier alpha value is -1.80. The smallest absolute Gasteiger partial charge is 0.416 e. The van der Waals surface area contributed by atoms with Crippen LogP contribution >= 0.6 is 0 Å². The first-order chi connectivity index (χ1) is 10.8. The van der Waals surface area contributed by atoms with E-state index in [9.17, 15) is 18.0 Å². The lowest BCUT2D eigenvalue weighted by Crippen LogP contribution is -2.28. The molecule has 0 spiro atoms. The SMILES string of the molecule is CCCOc1ccc(C(F)(F)F)cc1NC(=O)CC(CN)OC. The van der Waals surface area contributed by atoms with E-state index < -0.39 is 23.8 Å². The van der Waals surface area contributed by atoms with Gasteiger partial charge in [0, 0.05) is 13.7 Å². The summed E-state index contributed by atoms with van der Waals surface area (Å²) in [7, 11) is 1.41. The second-order valence-corrected chi connectivity index (χ2v) is 4.90. The van der Waals surface area contributed by atoms with Crippen LogP contribution in [0.15, 0.2) is 18.2 Å². The Morgan fingerprint density at radius 1 is 1.39 bits per heavy atom. The van der Waals surface area contributed by atoms with Crippen molar-refractivity contribution in [3.8, 4) is 5.75 Å². The van der Waals surface area contributed by atoms with Crippen LogP contribution in [0, 0.1) is 0 Å². The number of carbonyl (C=O) groups excluding carboxylic acids is 1. The van der Waals surface area contributed by atoms with Gasteiger partial charge in [-0.1, -0.05) is 6.92 Å². The number of hydrogen-bond acceptors (Lipinski definition) is 4. The van der Waals surface area contributed by atoms with Crippen LogP contribution in [0.25, 0.3) is 0 Å². The third-order valence-electron chi connectivity index (χ3n) is 3.05. The minimum Gasteiger partial charge on any atom is -0.491 e. The number of carbonyl (C=O) groups is 1. The van der Waals surface area contributed by atoms with Gasteiger partial charge in [-0.05, 0) is 24.6 Å². The van der Waals surface area contributed by atoms with Gasteiger partial charge in [0.1, 0.15) is 5.75 Å². The molecule has 1 unspecified atom stereocenters. The quantitative estimate of drug-likeness (QED) is 0.767. The van der Waals surface area contributed by atoms with Crippen molar-refractivity contribution in [2.45, 2.75) is 32.0 Å². The van der Waals surface area contributed by atoms with E-state index in [1.807, 2.05) is 6.92 Å². The summed E-state index contributed by atoms with van der Waals surface area (Å²) in [5.74, 6) is -0.308. The minimum absolute atomic E-state index is 0.0230. The molecule has 0 saturated carbocycles. The summed E-state index contributed by atoms with van der Waals surface area (Å²) < 4.78 is 48.8. The molecule has 0 bridgehead atoms. The van der Waals surface area contributed by atoms with E-state index in [1.54, 1.807) is 0 Å². The average Bonchev–Trinajstić information content (AvgIpc) is 2.50. The number of alkyl halides is 3. The number of nitrogens with one attached hydrogen (secondary N) is 1. The topological polar surface area (TPSA) is 73.6 Å². The number of methoxy groups -OCH3 is 1. The first-order valence-electron chi connectivity index (χ1n) is 7.18. The van der Waals surface area contributed by atoms with Crippen LogP contribution in [0.3, 0.4) is 0 Å². The molecular formula is C15H21F3N2O3. The Morgan fingerprint density at radius 2 is 2.09 bits per heavy atom. The number of benzene rings is 1. The Morgan fingerprint density at radius 3 is 2.61 bits per heavy atom. The molecule has 8 heteroatoms. The van der Waals surface area contributed by atoms with Crippen LogP contribution in [0.2, 0.25) is 0 Å². The van der Waals surface area contributed by atoms with E-state index in [1.165, 1.54) is 13.2 Å². The first kappa shape index (κ1) is 19.2. The normalized spacial score (nSPS) is 12.8. The largest absolute Gasteiger partial charge is 0.491 e. The molecule has 0 aliphatic rings. The van der Waals surface area contributed by atoms with Crippen LogP contribution in [-0.2, 0) is 15.7 Å². The summed E-state index contributed by atoms with van der Waals surface area (Å²) in [5, 5.41) is 2.43. The van der Waals surface area contributed by atoms with Crippen LogP contribution in [0.5, 0.6) is 5.75 Å². The molecule has 1 atom stereocenters. The average molecular weight is 334 g/mol. The summed E-state index contributed by atoms with van der Waals surface area (Å²) in [5.41, 5.74) is 4.54. The Labute approximate surface area is 132 Å². The van der Waals surface area contributed by atoms with E-state index in [-0.39, 0.29) is 24.4 Å². The highest BCUT2D eigenvalue weighted by Crippen LogP contribution is 2.35. The summed E-state index contributed by atoms with van der Waals surface area (Å²) in [6.07, 6.45) is -4.38. The number of halogens is 3. The lowest BCUT2D eigenvalue weighted by atomic mass is 10.1. The van der Waals surface area contributed by atoms with E-state index in [0.29, 0.717) is 13.0 Å². The maximum atomic E-state index is 12.8. The second kappa shape index (κ2) is 8.73. The monoisotopic (exact) mass is 334 g/mol. The zero-order valence-electron chi connectivity index (χ0n) is 13.1. The molecule has 23 heavy (non-hydrogen) atoms. The molecule has 1 amide bonds. The van der Waals surface area contributed by atoms with Crippen LogP contribution < -0.4 is 15.8 Å². The van der Waals surface area contributed by atoms with Crippen LogP contribution in [0.1, 0.15) is 25.3 Å². The van der Waals surface area contributed by atoms with Gasteiger partial charge >= 0.3 is 6.18 Å². The summed E-state index contributed by atoms with van der Waals surface area (Å²) in [4.78, 5) is 11.9. The Bertz CT molecular complexity index is 517. The number of hydrogen-bond donors (Lipinski definition) is 2. The molecule has 0 saturated heterocycles. The van der Waals surface area contributed by atoms with Gasteiger partial charge in [-0.25, -0.2) is 0 Å². The molecule has 0 radical (unpaired) electrons. The van der Waals surface area contributed by atoms with Gasteiger partial charge in [-0.3, -0.25) is 4.79 Å². The molecule has 1 rings (SSSR count). The lowest BCUT2D eigenvalue weighted by molar-refractivity contribution is -0.137. The summed E-state index contributed by atoms with van der Waals surface area (Å²) >= 11 is 0. The van der Waals surface area contributed by atoms with Gasteiger partial charge in [-0.2, -0.15) is 13.2 Å². The molecule has 0 aromatic heterocycles. The van der Waals surface area contributed by atoms with Gasteiger partial charge in [0.05, 0.1) is 30.4 Å². The van der Waals surface area contributed by atoms with Crippen molar-refractivity contribution >= 4 is 11.6 Å². The van der Waals surface area contributed by atoms with Gasteiger partial charge in [0.25, 0.3) is 0 Å². The zero-order valence-corrected chi connectivity index (χ0v) is 13.1. The standard InChI is InChI=1S/C15H21F3N2O3/c1-3-6-23-13-5-4-10(15(16,17)18)7-12(13)20-14(21)8-11(9-19)22-2/h4-5,7,11H,3,6,8-9,19H2,1-2H3,(H,20,21). The molecule has 0 fully saturated rings. The fourth-order valence-corrected chi connectivity index (χ4v) is 1.81. The zero-order chi connectivity index (χ0) is 17.5. The maximum Gasteiger partial charge on any atom is 0.416 e. The van der Waals surface area contributed by atoms with E-state index in [2.05, 4.69) is 5.32 Å². The summed E-state index contributed by atoms with van der Waals surface area (Å²) in [6.45, 7) is 2.33. The fourth-order valence-electron chi connectivity index (χ4n) is 1.81. The molecule has 0 heterocycles.